The van der Waals surface area contributed by atoms with Gasteiger partial charge in [-0.1, -0.05) is 36.8 Å². The van der Waals surface area contributed by atoms with Crippen LogP contribution in [0.3, 0.4) is 0 Å². The van der Waals surface area contributed by atoms with E-state index in [4.69, 9.17) is 4.74 Å². The van der Waals surface area contributed by atoms with E-state index in [1.54, 1.807) is 6.07 Å². The van der Waals surface area contributed by atoms with Gasteiger partial charge in [-0.05, 0) is 81.6 Å². The van der Waals surface area contributed by atoms with Crippen LogP contribution in [-0.4, -0.2) is 108 Å². The first-order valence-electron chi connectivity index (χ1n) is 16.0. The topological polar surface area (TPSA) is 76.6 Å². The molecule has 2 aromatic carbocycles. The van der Waals surface area contributed by atoms with Gasteiger partial charge in [0.1, 0.15) is 5.75 Å². The van der Waals surface area contributed by atoms with Crippen LogP contribution in [0.2, 0.25) is 0 Å². The number of amides is 1. The third-order valence-corrected chi connectivity index (χ3v) is 8.65. The van der Waals surface area contributed by atoms with Gasteiger partial charge >= 0.3 is 5.97 Å². The lowest BCUT2D eigenvalue weighted by molar-refractivity contribution is -0.143. The van der Waals surface area contributed by atoms with Crippen molar-refractivity contribution in [1.82, 2.24) is 19.6 Å². The van der Waals surface area contributed by atoms with Crippen LogP contribution in [0.1, 0.15) is 73.5 Å². The molecule has 2 saturated heterocycles. The summed E-state index contributed by atoms with van der Waals surface area (Å²) in [6, 6.07) is 15.9. The van der Waals surface area contributed by atoms with Crippen molar-refractivity contribution in [2.24, 2.45) is 0 Å². The van der Waals surface area contributed by atoms with Crippen molar-refractivity contribution in [2.45, 2.75) is 58.0 Å². The highest BCUT2D eigenvalue weighted by molar-refractivity contribution is 5.94. The summed E-state index contributed by atoms with van der Waals surface area (Å²) >= 11 is 0. The van der Waals surface area contributed by atoms with E-state index in [9.17, 15) is 14.7 Å². The van der Waals surface area contributed by atoms with Crippen LogP contribution in [0.5, 0.6) is 5.75 Å². The van der Waals surface area contributed by atoms with E-state index < -0.39 is 0 Å². The molecule has 8 heteroatoms. The first-order chi connectivity index (χ1) is 20.9. The number of esters is 1. The number of hydrogen-bond acceptors (Lipinski definition) is 7. The Bertz CT molecular complexity index is 1200. The van der Waals surface area contributed by atoms with Crippen LogP contribution in [0, 0.1) is 0 Å². The summed E-state index contributed by atoms with van der Waals surface area (Å²) in [6.45, 7) is 16.4. The molecule has 0 radical (unpaired) electrons. The number of rotatable bonds is 13. The molecule has 43 heavy (non-hydrogen) atoms. The molecule has 1 N–H and O–H groups in total. The van der Waals surface area contributed by atoms with Crippen molar-refractivity contribution >= 4 is 11.9 Å². The Morgan fingerprint density at radius 1 is 0.977 bits per heavy atom. The summed E-state index contributed by atoms with van der Waals surface area (Å²) in [5.41, 5.74) is 2.81. The summed E-state index contributed by atoms with van der Waals surface area (Å²) in [5.74, 6) is 0.224. The lowest BCUT2D eigenvalue weighted by atomic mass is 9.93. The Kier molecular flexibility index (Phi) is 12.6. The van der Waals surface area contributed by atoms with Gasteiger partial charge in [0, 0.05) is 63.8 Å². The second-order valence-corrected chi connectivity index (χ2v) is 11.9. The Morgan fingerprint density at radius 2 is 1.74 bits per heavy atom. The molecule has 1 amide bonds. The van der Waals surface area contributed by atoms with Gasteiger partial charge in [-0.25, -0.2) is 0 Å². The second-order valence-electron chi connectivity index (χ2n) is 11.9. The highest BCUT2D eigenvalue weighted by Crippen LogP contribution is 2.34. The highest BCUT2D eigenvalue weighted by atomic mass is 16.5. The summed E-state index contributed by atoms with van der Waals surface area (Å²) in [5, 5.41) is 10.3. The summed E-state index contributed by atoms with van der Waals surface area (Å²) < 4.78 is 5.02. The number of benzene rings is 2. The molecule has 8 nitrogen and oxygen atoms in total. The number of carbonyl (C=O) groups excluding carboxylic acids is 2. The zero-order chi connectivity index (χ0) is 30.6. The van der Waals surface area contributed by atoms with E-state index in [2.05, 4.69) is 46.4 Å². The number of piperazine rings is 1. The molecule has 0 aliphatic carbocycles. The summed E-state index contributed by atoms with van der Waals surface area (Å²) in [7, 11) is 0. The Hall–Kier alpha value is -3.20. The van der Waals surface area contributed by atoms with Crippen molar-refractivity contribution in [3.8, 4) is 5.75 Å². The zero-order valence-corrected chi connectivity index (χ0v) is 26.1. The predicted molar refractivity (Wildman–Crippen MR) is 171 cm³/mol. The number of ether oxygens (including phenoxy) is 1. The first-order valence-corrected chi connectivity index (χ1v) is 16.0. The molecule has 2 aliphatic rings. The summed E-state index contributed by atoms with van der Waals surface area (Å²) in [6.07, 6.45) is 6.32. The number of nitrogens with zero attached hydrogens (tertiary/aromatic N) is 4. The van der Waals surface area contributed by atoms with Gasteiger partial charge in [0.05, 0.1) is 12.6 Å². The third kappa shape index (κ3) is 9.39. The van der Waals surface area contributed by atoms with Gasteiger partial charge in [-0.3, -0.25) is 19.4 Å². The van der Waals surface area contributed by atoms with Gasteiger partial charge < -0.3 is 19.6 Å². The molecular formula is C35H50N4O4. The second kappa shape index (κ2) is 16.6. The molecule has 0 spiro atoms. The average molecular weight is 591 g/mol. The lowest BCUT2D eigenvalue weighted by Gasteiger charge is -2.44. The zero-order valence-electron chi connectivity index (χ0n) is 26.1. The molecule has 2 fully saturated rings. The smallest absolute Gasteiger partial charge is 0.305 e. The van der Waals surface area contributed by atoms with Crippen molar-refractivity contribution < 1.29 is 19.4 Å². The number of phenolic OH excluding ortho intramolecular Hbond substituents is 1. The monoisotopic (exact) mass is 590 g/mol. The fourth-order valence-electron chi connectivity index (χ4n) is 6.49. The van der Waals surface area contributed by atoms with Gasteiger partial charge in [0.2, 0.25) is 0 Å². The first kappa shape index (κ1) is 32.7. The third-order valence-electron chi connectivity index (χ3n) is 8.65. The SMILES string of the molecule is C=CCN1CCN(C(c2cccc(O)c2)c2cccc(C(=O)N3CCCN(CCCCCC(=O)OCC)CC3)c2)C(C)C1. The quantitative estimate of drug-likeness (QED) is 0.201. The Morgan fingerprint density at radius 3 is 2.49 bits per heavy atom. The maximum Gasteiger partial charge on any atom is 0.305 e. The standard InChI is InChI=1S/C35H50N4O4/c1-4-17-37-22-24-39(28(3)27-37)34(30-13-10-15-32(40)26-30)29-12-9-14-31(25-29)35(42)38-20-11-19-36(21-23-38)18-8-6-7-16-33(41)43-5-2/h4,9-10,12-15,25-26,28,34,40H,1,5-8,11,16-24,27H2,2-3H3. The van der Waals surface area contributed by atoms with Crippen LogP contribution in [-0.2, 0) is 9.53 Å². The van der Waals surface area contributed by atoms with Crippen molar-refractivity contribution in [3.05, 3.63) is 77.9 Å². The number of phenols is 1. The minimum atomic E-state index is -0.107. The number of unbranched alkanes of at least 4 members (excludes halogenated alkanes) is 2. The molecule has 2 aromatic rings. The van der Waals surface area contributed by atoms with E-state index >= 15 is 0 Å². The minimum Gasteiger partial charge on any atom is -0.508 e. The molecule has 0 aromatic heterocycles. The Labute approximate surface area is 257 Å². The van der Waals surface area contributed by atoms with Gasteiger partial charge in [-0.2, -0.15) is 0 Å². The molecule has 234 valence electrons. The van der Waals surface area contributed by atoms with Crippen LogP contribution in [0.25, 0.3) is 0 Å². The van der Waals surface area contributed by atoms with E-state index in [0.29, 0.717) is 31.2 Å². The van der Waals surface area contributed by atoms with E-state index in [1.807, 2.05) is 42.2 Å². The van der Waals surface area contributed by atoms with Crippen molar-refractivity contribution in [3.63, 3.8) is 0 Å². The van der Waals surface area contributed by atoms with E-state index in [0.717, 1.165) is 89.2 Å². The maximum absolute atomic E-state index is 13.8. The molecule has 2 heterocycles. The van der Waals surface area contributed by atoms with Gasteiger partial charge in [0.15, 0.2) is 0 Å². The van der Waals surface area contributed by atoms with Gasteiger partial charge in [0.25, 0.3) is 5.91 Å². The van der Waals surface area contributed by atoms with Crippen LogP contribution < -0.4 is 0 Å². The number of hydrogen-bond donors (Lipinski definition) is 1. The Balaban J connectivity index is 1.41. The molecule has 4 rings (SSSR count). The minimum absolute atomic E-state index is 0.0656. The number of aromatic hydroxyl groups is 1. The predicted octanol–water partition coefficient (Wildman–Crippen LogP) is 4.95. The fourth-order valence-corrected chi connectivity index (χ4v) is 6.49. The molecule has 2 aliphatic heterocycles. The normalized spacial score (nSPS) is 19.5. The van der Waals surface area contributed by atoms with Crippen LogP contribution >= 0.6 is 0 Å². The van der Waals surface area contributed by atoms with Crippen LogP contribution in [0.4, 0.5) is 0 Å². The van der Waals surface area contributed by atoms with E-state index in [1.165, 1.54) is 0 Å². The highest BCUT2D eigenvalue weighted by Gasteiger charge is 2.32. The molecule has 2 atom stereocenters. The van der Waals surface area contributed by atoms with Gasteiger partial charge in [-0.15, -0.1) is 6.58 Å². The molecule has 2 unspecified atom stereocenters. The van der Waals surface area contributed by atoms with Crippen molar-refractivity contribution in [1.29, 1.82) is 0 Å². The fraction of sp³-hybridized carbons (Fsp3) is 0.543. The van der Waals surface area contributed by atoms with E-state index in [-0.39, 0.29) is 23.7 Å². The largest absolute Gasteiger partial charge is 0.508 e. The average Bonchev–Trinajstić information content (AvgIpc) is 3.24. The molecule has 0 saturated carbocycles. The van der Waals surface area contributed by atoms with Crippen molar-refractivity contribution in [2.75, 3.05) is 65.5 Å². The number of carbonyl (C=O) groups is 2. The maximum atomic E-state index is 13.8. The summed E-state index contributed by atoms with van der Waals surface area (Å²) in [4.78, 5) is 34.7. The van der Waals surface area contributed by atoms with Crippen LogP contribution in [0.15, 0.2) is 61.2 Å². The molecular weight excluding hydrogens is 540 g/mol. The molecule has 0 bridgehead atoms. The lowest BCUT2D eigenvalue weighted by Crippen LogP contribution is -2.53.